The molecule has 0 saturated carbocycles. The van der Waals surface area contributed by atoms with Crippen molar-refractivity contribution in [1.29, 1.82) is 0 Å². The van der Waals surface area contributed by atoms with Crippen LogP contribution in [0.4, 0.5) is 5.69 Å². The fourth-order valence-corrected chi connectivity index (χ4v) is 4.29. The van der Waals surface area contributed by atoms with E-state index in [-0.39, 0.29) is 20.8 Å². The number of rotatable bonds is 6. The van der Waals surface area contributed by atoms with Crippen molar-refractivity contribution in [3.8, 4) is 0 Å². The van der Waals surface area contributed by atoms with Crippen molar-refractivity contribution in [3.63, 3.8) is 0 Å². The highest BCUT2D eigenvalue weighted by molar-refractivity contribution is 7.12. The summed E-state index contributed by atoms with van der Waals surface area (Å²) in [5.41, 5.74) is 0.663. The number of hydrogen-bond donors (Lipinski definition) is 1. The molecule has 29 heavy (non-hydrogen) atoms. The quantitative estimate of drug-likeness (QED) is 0.235. The molecule has 1 atom stereocenters. The molecule has 0 aliphatic rings. The Kier molecular flexibility index (Phi) is 7.38. The summed E-state index contributed by atoms with van der Waals surface area (Å²) in [7, 11) is 0. The summed E-state index contributed by atoms with van der Waals surface area (Å²) in [6.45, 7) is 1.48. The third kappa shape index (κ3) is 5.62. The molecule has 4 nitrogen and oxygen atoms in total. The van der Waals surface area contributed by atoms with E-state index >= 15 is 0 Å². The lowest BCUT2D eigenvalue weighted by Gasteiger charge is -2.15. The molecule has 0 aliphatic heterocycles. The van der Waals surface area contributed by atoms with Crippen LogP contribution >= 0.6 is 57.5 Å². The first-order valence-corrected chi connectivity index (χ1v) is 11.2. The van der Waals surface area contributed by atoms with Crippen LogP contribution in [0, 0.1) is 0 Å². The zero-order chi connectivity index (χ0) is 21.0. The second-order valence-electron chi connectivity index (χ2n) is 5.83. The van der Waals surface area contributed by atoms with Crippen LogP contribution in [0.3, 0.4) is 0 Å². The Labute approximate surface area is 190 Å². The Morgan fingerprint density at radius 3 is 2.38 bits per heavy atom. The first-order chi connectivity index (χ1) is 13.8. The first-order valence-electron chi connectivity index (χ1n) is 8.30. The fraction of sp³-hybridized carbons (Fsp3) is 0.100. The van der Waals surface area contributed by atoms with Crippen molar-refractivity contribution >= 4 is 86.7 Å². The number of esters is 1. The van der Waals surface area contributed by atoms with Gasteiger partial charge in [-0.1, -0.05) is 46.9 Å². The van der Waals surface area contributed by atoms with Crippen molar-refractivity contribution in [2.45, 2.75) is 13.0 Å². The smallest absolute Gasteiger partial charge is 0.340 e. The Hall–Kier alpha value is -1.83. The molecular weight excluding hydrogens is 473 g/mol. The summed E-state index contributed by atoms with van der Waals surface area (Å²) in [4.78, 5) is 26.9. The topological polar surface area (TPSA) is 55.4 Å². The largest absolute Gasteiger partial charge is 0.449 e. The van der Waals surface area contributed by atoms with E-state index in [1.54, 1.807) is 6.08 Å². The van der Waals surface area contributed by atoms with Crippen molar-refractivity contribution < 1.29 is 14.3 Å². The van der Waals surface area contributed by atoms with Crippen molar-refractivity contribution in [2.24, 2.45) is 0 Å². The van der Waals surface area contributed by atoms with Crippen LogP contribution in [0.5, 0.6) is 0 Å². The highest BCUT2D eigenvalue weighted by Gasteiger charge is 2.23. The van der Waals surface area contributed by atoms with Crippen LogP contribution in [0.2, 0.25) is 15.1 Å². The van der Waals surface area contributed by atoms with Crippen LogP contribution in [0.25, 0.3) is 11.6 Å². The zero-order valence-electron chi connectivity index (χ0n) is 14.9. The molecule has 9 heteroatoms. The van der Waals surface area contributed by atoms with E-state index in [0.29, 0.717) is 5.57 Å². The highest BCUT2D eigenvalue weighted by Crippen LogP contribution is 2.32. The summed E-state index contributed by atoms with van der Waals surface area (Å²) in [5, 5.41) is 7.12. The minimum absolute atomic E-state index is 0.225. The van der Waals surface area contributed by atoms with Crippen LogP contribution in [0.15, 0.2) is 47.2 Å². The van der Waals surface area contributed by atoms with Gasteiger partial charge in [0.05, 0.1) is 26.3 Å². The third-order valence-electron chi connectivity index (χ3n) is 3.76. The predicted octanol–water partition coefficient (Wildman–Crippen LogP) is 6.88. The molecule has 0 saturated heterocycles. The number of anilines is 1. The van der Waals surface area contributed by atoms with E-state index < -0.39 is 18.0 Å². The monoisotopic (exact) mass is 485 g/mol. The SMILES string of the molecule is CC(OC(=O)C(=Cc1cccs1)c1cccs1)C(=O)Nc1cc(Cl)c(Cl)cc1Cl. The van der Waals surface area contributed by atoms with E-state index in [1.165, 1.54) is 41.7 Å². The second-order valence-corrected chi connectivity index (χ2v) is 8.98. The number of thiophene rings is 2. The van der Waals surface area contributed by atoms with Gasteiger partial charge in [0.25, 0.3) is 5.91 Å². The predicted molar refractivity (Wildman–Crippen MR) is 122 cm³/mol. The summed E-state index contributed by atoms with van der Waals surface area (Å²) in [6.07, 6.45) is 0.693. The summed E-state index contributed by atoms with van der Waals surface area (Å²) in [6, 6.07) is 10.3. The lowest BCUT2D eigenvalue weighted by molar-refractivity contribution is -0.147. The van der Waals surface area contributed by atoms with Gasteiger partial charge < -0.3 is 10.1 Å². The van der Waals surface area contributed by atoms with Crippen LogP contribution in [-0.4, -0.2) is 18.0 Å². The van der Waals surface area contributed by atoms with Crippen molar-refractivity contribution in [1.82, 2.24) is 0 Å². The average Bonchev–Trinajstić information content (AvgIpc) is 3.37. The molecule has 1 unspecified atom stereocenters. The second kappa shape index (κ2) is 9.78. The van der Waals surface area contributed by atoms with Crippen LogP contribution in [-0.2, 0) is 14.3 Å². The Bertz CT molecular complexity index is 1050. The van der Waals surface area contributed by atoms with E-state index in [9.17, 15) is 9.59 Å². The third-order valence-corrected chi connectivity index (χ3v) is 6.51. The van der Waals surface area contributed by atoms with Gasteiger partial charge in [-0.3, -0.25) is 4.79 Å². The van der Waals surface area contributed by atoms with Crippen LogP contribution < -0.4 is 5.32 Å². The molecule has 1 N–H and O–H groups in total. The molecule has 1 amide bonds. The minimum atomic E-state index is -1.06. The molecule has 0 bridgehead atoms. The average molecular weight is 487 g/mol. The normalized spacial score (nSPS) is 12.5. The van der Waals surface area contributed by atoms with Gasteiger partial charge in [0.15, 0.2) is 6.10 Å². The number of benzene rings is 1. The molecule has 0 fully saturated rings. The number of nitrogens with one attached hydrogen (secondary N) is 1. The van der Waals surface area contributed by atoms with Gasteiger partial charge in [-0.05, 0) is 48.0 Å². The Morgan fingerprint density at radius 1 is 1.03 bits per heavy atom. The summed E-state index contributed by atoms with van der Waals surface area (Å²) >= 11 is 20.9. The van der Waals surface area contributed by atoms with Gasteiger partial charge in [-0.2, -0.15) is 0 Å². The molecule has 0 radical (unpaired) electrons. The van der Waals surface area contributed by atoms with E-state index in [4.69, 9.17) is 39.5 Å². The van der Waals surface area contributed by atoms with Crippen molar-refractivity contribution in [2.75, 3.05) is 5.32 Å². The standard InChI is InChI=1S/C20H14Cl3NO3S2/c1-11(19(25)24-17-10-15(22)14(21)9-16(17)23)27-20(26)13(18-5-3-7-29-18)8-12-4-2-6-28-12/h2-11H,1H3,(H,24,25). The number of ether oxygens (including phenoxy) is 1. The van der Waals surface area contributed by atoms with Crippen molar-refractivity contribution in [3.05, 3.63) is 72.0 Å². The number of carbonyl (C=O) groups excluding carboxylic acids is 2. The number of halogens is 3. The van der Waals surface area contributed by atoms with E-state index in [1.807, 2.05) is 35.0 Å². The highest BCUT2D eigenvalue weighted by atomic mass is 35.5. The Balaban J connectivity index is 1.74. The number of carbonyl (C=O) groups is 2. The molecule has 0 spiro atoms. The molecule has 3 rings (SSSR count). The fourth-order valence-electron chi connectivity index (χ4n) is 2.31. The maximum Gasteiger partial charge on any atom is 0.340 e. The number of hydrogen-bond acceptors (Lipinski definition) is 5. The molecule has 2 heterocycles. The first kappa shape index (κ1) is 21.9. The molecule has 1 aromatic carbocycles. The van der Waals surface area contributed by atoms with Crippen LogP contribution in [0.1, 0.15) is 16.7 Å². The van der Waals surface area contributed by atoms with E-state index in [0.717, 1.165) is 9.75 Å². The van der Waals surface area contributed by atoms with E-state index in [2.05, 4.69) is 5.32 Å². The molecule has 150 valence electrons. The molecular formula is C20H14Cl3NO3S2. The van der Waals surface area contributed by atoms with Gasteiger partial charge in [-0.25, -0.2) is 4.79 Å². The molecule has 0 aliphatic carbocycles. The van der Waals surface area contributed by atoms with Gasteiger partial charge in [0.2, 0.25) is 0 Å². The number of amides is 1. The zero-order valence-corrected chi connectivity index (χ0v) is 18.8. The minimum Gasteiger partial charge on any atom is -0.449 e. The molecule has 3 aromatic rings. The Morgan fingerprint density at radius 2 is 1.72 bits per heavy atom. The maximum atomic E-state index is 12.8. The summed E-state index contributed by atoms with van der Waals surface area (Å²) in [5.74, 6) is -1.14. The van der Waals surface area contributed by atoms with Gasteiger partial charge >= 0.3 is 5.97 Å². The van der Waals surface area contributed by atoms with Gasteiger partial charge in [0, 0.05) is 9.75 Å². The summed E-state index contributed by atoms with van der Waals surface area (Å²) < 4.78 is 5.40. The van der Waals surface area contributed by atoms with Gasteiger partial charge in [0.1, 0.15) is 0 Å². The molecule has 2 aromatic heterocycles. The lowest BCUT2D eigenvalue weighted by atomic mass is 10.2. The maximum absolute atomic E-state index is 12.8. The lowest BCUT2D eigenvalue weighted by Crippen LogP contribution is -2.30. The van der Waals surface area contributed by atoms with Gasteiger partial charge in [-0.15, -0.1) is 22.7 Å².